The predicted molar refractivity (Wildman–Crippen MR) is 101 cm³/mol. The fourth-order valence-electron chi connectivity index (χ4n) is 3.25. The Hall–Kier alpha value is -2.21. The van der Waals surface area contributed by atoms with Crippen LogP contribution in [0.15, 0.2) is 28.8 Å². The average Bonchev–Trinajstić information content (AvgIpc) is 3.08. The summed E-state index contributed by atoms with van der Waals surface area (Å²) in [7, 11) is 1.89. The molecule has 0 atom stereocenters. The minimum absolute atomic E-state index is 0.0390. The van der Waals surface area contributed by atoms with Gasteiger partial charge in [0, 0.05) is 30.6 Å². The van der Waals surface area contributed by atoms with Crippen molar-refractivity contribution in [3.8, 4) is 11.4 Å². The molecule has 0 radical (unpaired) electrons. The van der Waals surface area contributed by atoms with Crippen LogP contribution in [-0.4, -0.2) is 47.1 Å². The van der Waals surface area contributed by atoms with Crippen molar-refractivity contribution < 1.29 is 9.32 Å². The van der Waals surface area contributed by atoms with Gasteiger partial charge in [-0.2, -0.15) is 4.98 Å². The number of piperidine rings is 1. The zero-order chi connectivity index (χ0) is 18.7. The first-order chi connectivity index (χ1) is 12.3. The summed E-state index contributed by atoms with van der Waals surface area (Å²) in [5.41, 5.74) is 1.54. The Labute approximate surface area is 155 Å². The SMILES string of the molecule is CN(C(=O)c1cccc(-c2noc(CC(C)(C)C)n2)c1)C1CCNCC1. The Balaban J connectivity index is 1.76. The Morgan fingerprint density at radius 2 is 2.04 bits per heavy atom. The van der Waals surface area contributed by atoms with E-state index in [-0.39, 0.29) is 17.4 Å². The number of amides is 1. The number of carbonyl (C=O) groups excluding carboxylic acids is 1. The second kappa shape index (κ2) is 7.58. The van der Waals surface area contributed by atoms with Gasteiger partial charge in [0.2, 0.25) is 11.7 Å². The van der Waals surface area contributed by atoms with Crippen molar-refractivity contribution in [3.63, 3.8) is 0 Å². The molecule has 1 aromatic heterocycles. The van der Waals surface area contributed by atoms with Gasteiger partial charge >= 0.3 is 0 Å². The van der Waals surface area contributed by atoms with Crippen molar-refractivity contribution in [2.24, 2.45) is 5.41 Å². The van der Waals surface area contributed by atoms with Gasteiger partial charge in [-0.1, -0.05) is 38.1 Å². The molecule has 0 spiro atoms. The average molecular weight is 356 g/mol. The number of nitrogens with zero attached hydrogens (tertiary/aromatic N) is 3. The van der Waals surface area contributed by atoms with E-state index in [0.717, 1.165) is 37.9 Å². The van der Waals surface area contributed by atoms with Gasteiger partial charge in [0.05, 0.1) is 0 Å². The normalized spacial score (nSPS) is 15.8. The first kappa shape index (κ1) is 18.6. The maximum Gasteiger partial charge on any atom is 0.253 e. The lowest BCUT2D eigenvalue weighted by atomic mass is 9.92. The molecule has 1 aromatic carbocycles. The van der Waals surface area contributed by atoms with Crippen LogP contribution in [0.3, 0.4) is 0 Å². The number of hydrogen-bond donors (Lipinski definition) is 1. The molecule has 1 amide bonds. The second-order valence-corrected chi connectivity index (χ2v) is 8.23. The molecule has 1 aliphatic heterocycles. The van der Waals surface area contributed by atoms with E-state index in [1.807, 2.05) is 36.2 Å². The molecule has 1 N–H and O–H groups in total. The van der Waals surface area contributed by atoms with Crippen LogP contribution >= 0.6 is 0 Å². The van der Waals surface area contributed by atoms with Crippen molar-refractivity contribution in [2.75, 3.05) is 20.1 Å². The highest BCUT2D eigenvalue weighted by molar-refractivity contribution is 5.95. The van der Waals surface area contributed by atoms with Crippen LogP contribution in [-0.2, 0) is 6.42 Å². The van der Waals surface area contributed by atoms with Gasteiger partial charge in [-0.15, -0.1) is 0 Å². The van der Waals surface area contributed by atoms with Crippen molar-refractivity contribution in [2.45, 2.75) is 46.1 Å². The van der Waals surface area contributed by atoms with E-state index in [1.54, 1.807) is 0 Å². The molecule has 0 bridgehead atoms. The standard InChI is InChI=1S/C20H28N4O2/c1-20(2,3)13-17-22-18(23-26-17)14-6-5-7-15(12-14)19(25)24(4)16-8-10-21-11-9-16/h5-7,12,16,21H,8-11,13H2,1-4H3. The van der Waals surface area contributed by atoms with E-state index in [9.17, 15) is 4.79 Å². The van der Waals surface area contributed by atoms with Crippen molar-refractivity contribution in [1.29, 1.82) is 0 Å². The molecule has 0 unspecified atom stereocenters. The van der Waals surface area contributed by atoms with Gasteiger partial charge in [0.25, 0.3) is 5.91 Å². The number of rotatable bonds is 4. The Bertz CT molecular complexity index is 757. The van der Waals surface area contributed by atoms with E-state index in [4.69, 9.17) is 4.52 Å². The fourth-order valence-corrected chi connectivity index (χ4v) is 3.25. The van der Waals surface area contributed by atoms with Gasteiger partial charge in [-0.05, 0) is 43.5 Å². The molecule has 3 rings (SSSR count). The summed E-state index contributed by atoms with van der Waals surface area (Å²) in [6.45, 7) is 8.32. The molecule has 1 saturated heterocycles. The third-order valence-corrected chi connectivity index (χ3v) is 4.69. The van der Waals surface area contributed by atoms with Gasteiger partial charge in [0.15, 0.2) is 0 Å². The number of hydrogen-bond acceptors (Lipinski definition) is 5. The lowest BCUT2D eigenvalue weighted by Gasteiger charge is -2.31. The van der Waals surface area contributed by atoms with Gasteiger partial charge in [0.1, 0.15) is 0 Å². The molecular weight excluding hydrogens is 328 g/mol. The third kappa shape index (κ3) is 4.49. The summed E-state index contributed by atoms with van der Waals surface area (Å²) in [5, 5.41) is 7.42. The monoisotopic (exact) mass is 356 g/mol. The molecule has 1 aliphatic rings. The smallest absolute Gasteiger partial charge is 0.253 e. The summed E-state index contributed by atoms with van der Waals surface area (Å²) in [4.78, 5) is 19.2. The van der Waals surface area contributed by atoms with Crippen molar-refractivity contribution >= 4 is 5.91 Å². The van der Waals surface area contributed by atoms with Gasteiger partial charge in [-0.25, -0.2) is 0 Å². The summed E-state index contributed by atoms with van der Waals surface area (Å²) in [5.74, 6) is 1.19. The van der Waals surface area contributed by atoms with E-state index >= 15 is 0 Å². The lowest BCUT2D eigenvalue weighted by Crippen LogP contribution is -2.43. The molecule has 0 aliphatic carbocycles. The summed E-state index contributed by atoms with van der Waals surface area (Å²) in [6.07, 6.45) is 2.70. The van der Waals surface area contributed by atoms with Crippen LogP contribution in [0.25, 0.3) is 11.4 Å². The highest BCUT2D eigenvalue weighted by Crippen LogP contribution is 2.23. The van der Waals surface area contributed by atoms with Crippen LogP contribution in [0.5, 0.6) is 0 Å². The Morgan fingerprint density at radius 1 is 1.31 bits per heavy atom. The van der Waals surface area contributed by atoms with Crippen LogP contribution in [0.1, 0.15) is 49.9 Å². The maximum absolute atomic E-state index is 12.9. The second-order valence-electron chi connectivity index (χ2n) is 8.23. The van der Waals surface area contributed by atoms with Crippen LogP contribution in [0, 0.1) is 5.41 Å². The number of aromatic nitrogens is 2. The topological polar surface area (TPSA) is 71.3 Å². The number of carbonyl (C=O) groups is 1. The van der Waals surface area contributed by atoms with Crippen LogP contribution in [0.4, 0.5) is 0 Å². The Morgan fingerprint density at radius 3 is 2.73 bits per heavy atom. The fraction of sp³-hybridized carbons (Fsp3) is 0.550. The minimum Gasteiger partial charge on any atom is -0.339 e. The zero-order valence-corrected chi connectivity index (χ0v) is 16.1. The first-order valence-corrected chi connectivity index (χ1v) is 9.24. The largest absolute Gasteiger partial charge is 0.339 e. The molecular formula is C20H28N4O2. The molecule has 140 valence electrons. The zero-order valence-electron chi connectivity index (χ0n) is 16.1. The van der Waals surface area contributed by atoms with Crippen LogP contribution < -0.4 is 5.32 Å². The number of benzene rings is 1. The van der Waals surface area contributed by atoms with Crippen molar-refractivity contribution in [3.05, 3.63) is 35.7 Å². The first-order valence-electron chi connectivity index (χ1n) is 9.24. The summed E-state index contributed by atoms with van der Waals surface area (Å²) < 4.78 is 5.37. The van der Waals surface area contributed by atoms with Crippen molar-refractivity contribution in [1.82, 2.24) is 20.4 Å². The van der Waals surface area contributed by atoms with E-state index < -0.39 is 0 Å². The molecule has 2 heterocycles. The lowest BCUT2D eigenvalue weighted by molar-refractivity contribution is 0.0703. The molecule has 6 heteroatoms. The van der Waals surface area contributed by atoms with Gasteiger partial charge < -0.3 is 14.7 Å². The van der Waals surface area contributed by atoms with E-state index in [2.05, 4.69) is 36.2 Å². The van der Waals surface area contributed by atoms with Crippen LogP contribution in [0.2, 0.25) is 0 Å². The minimum atomic E-state index is 0.0390. The molecule has 2 aromatic rings. The van der Waals surface area contributed by atoms with E-state index in [1.165, 1.54) is 0 Å². The molecule has 26 heavy (non-hydrogen) atoms. The number of nitrogens with one attached hydrogen (secondary N) is 1. The molecule has 0 saturated carbocycles. The summed E-state index contributed by atoms with van der Waals surface area (Å²) >= 11 is 0. The molecule has 6 nitrogen and oxygen atoms in total. The summed E-state index contributed by atoms with van der Waals surface area (Å²) in [6, 6.07) is 7.77. The maximum atomic E-state index is 12.9. The third-order valence-electron chi connectivity index (χ3n) is 4.69. The Kier molecular flexibility index (Phi) is 5.41. The predicted octanol–water partition coefficient (Wildman–Crippen LogP) is 3.15. The van der Waals surface area contributed by atoms with Gasteiger partial charge in [-0.3, -0.25) is 4.79 Å². The highest BCUT2D eigenvalue weighted by Gasteiger charge is 2.23. The van der Waals surface area contributed by atoms with E-state index in [0.29, 0.717) is 17.3 Å². The molecule has 1 fully saturated rings. The highest BCUT2D eigenvalue weighted by atomic mass is 16.5. The quantitative estimate of drug-likeness (QED) is 0.911.